The summed E-state index contributed by atoms with van der Waals surface area (Å²) in [5.74, 6) is 2.93. The van der Waals surface area contributed by atoms with Crippen molar-refractivity contribution in [1.82, 2.24) is 9.97 Å². The molecule has 3 heteroatoms. The Balaban J connectivity index is 1.52. The van der Waals surface area contributed by atoms with Gasteiger partial charge in [-0.3, -0.25) is 0 Å². The minimum atomic E-state index is 0.152. The molecule has 1 aromatic heterocycles. The first-order valence-electron chi connectivity index (χ1n) is 13.6. The number of benzene rings is 3. The van der Waals surface area contributed by atoms with Crippen molar-refractivity contribution in [2.45, 2.75) is 51.4 Å². The lowest BCUT2D eigenvalue weighted by Crippen LogP contribution is -2.42. The Labute approximate surface area is 220 Å². The Morgan fingerprint density at radius 3 is 1.92 bits per heavy atom. The third-order valence-corrected chi connectivity index (χ3v) is 8.43. The lowest BCUT2D eigenvalue weighted by Gasteiger charge is -2.50. The first-order chi connectivity index (χ1) is 18.0. The largest absolute Gasteiger partial charge is 0.228 e. The Bertz CT molecular complexity index is 1370. The molecule has 4 aromatic rings. The van der Waals surface area contributed by atoms with Crippen LogP contribution in [0, 0.1) is 29.1 Å². The first-order valence-corrected chi connectivity index (χ1v) is 13.6. The zero-order chi connectivity index (χ0) is 25.4. The van der Waals surface area contributed by atoms with Gasteiger partial charge in [0.15, 0.2) is 5.82 Å². The van der Waals surface area contributed by atoms with Gasteiger partial charge in [0.05, 0.1) is 23.0 Å². The van der Waals surface area contributed by atoms with E-state index in [4.69, 9.17) is 9.97 Å². The highest BCUT2D eigenvalue weighted by Crippen LogP contribution is 2.54. The van der Waals surface area contributed by atoms with Crippen molar-refractivity contribution in [2.75, 3.05) is 0 Å². The van der Waals surface area contributed by atoms with Crippen LogP contribution in [0.15, 0.2) is 84.9 Å². The average molecular weight is 484 g/mol. The minimum Gasteiger partial charge on any atom is -0.228 e. The zero-order valence-electron chi connectivity index (χ0n) is 21.7. The molecule has 4 atom stereocenters. The molecule has 2 aliphatic rings. The molecule has 0 aliphatic heterocycles. The molecule has 0 saturated heterocycles. The number of hydrogen-bond acceptors (Lipinski definition) is 3. The third-order valence-electron chi connectivity index (χ3n) is 8.43. The SMILES string of the molecule is C[C@@H]1CC2C[C@H](C)CC(c3cc(C#N)cc(-c4cc(-c5ccccc5)nc(-c5ccccc5)n4)c3)(C2)C1. The van der Waals surface area contributed by atoms with Gasteiger partial charge < -0.3 is 0 Å². The van der Waals surface area contributed by atoms with E-state index in [0.29, 0.717) is 17.7 Å². The summed E-state index contributed by atoms with van der Waals surface area (Å²) in [5, 5.41) is 10.0. The maximum Gasteiger partial charge on any atom is 0.160 e. The van der Waals surface area contributed by atoms with Crippen LogP contribution in [-0.4, -0.2) is 9.97 Å². The fourth-order valence-corrected chi connectivity index (χ4v) is 7.27. The van der Waals surface area contributed by atoms with E-state index in [-0.39, 0.29) is 5.41 Å². The molecule has 0 N–H and O–H groups in total. The summed E-state index contributed by atoms with van der Waals surface area (Å²) in [4.78, 5) is 9.99. The Morgan fingerprint density at radius 1 is 0.703 bits per heavy atom. The summed E-state index contributed by atoms with van der Waals surface area (Å²) in [7, 11) is 0. The fraction of sp³-hybridized carbons (Fsp3) is 0.324. The minimum absolute atomic E-state index is 0.152. The predicted octanol–water partition coefficient (Wildman–Crippen LogP) is 8.45. The summed E-state index contributed by atoms with van der Waals surface area (Å²) in [6.07, 6.45) is 6.32. The van der Waals surface area contributed by atoms with E-state index in [9.17, 15) is 5.26 Å². The fourth-order valence-electron chi connectivity index (χ4n) is 7.27. The average Bonchev–Trinajstić information content (AvgIpc) is 2.92. The topological polar surface area (TPSA) is 49.6 Å². The summed E-state index contributed by atoms with van der Waals surface area (Å²) in [6.45, 7) is 4.82. The standard InChI is InChI=1S/C34H33N3/c1-23-13-25-14-24(2)20-34(19-23,21-25)30-16-26(22-35)15-29(17-30)32-18-31(27-9-5-3-6-10-27)36-33(37-32)28-11-7-4-8-12-28/h3-12,15-18,23-25H,13-14,19-21H2,1-2H3/t23-,24+,25?,34?. The molecule has 0 radical (unpaired) electrons. The molecule has 1 heterocycles. The van der Waals surface area contributed by atoms with E-state index >= 15 is 0 Å². The van der Waals surface area contributed by atoms with Crippen LogP contribution in [0.4, 0.5) is 0 Å². The van der Waals surface area contributed by atoms with Gasteiger partial charge in [-0.15, -0.1) is 0 Å². The molecular weight excluding hydrogens is 450 g/mol. The van der Waals surface area contributed by atoms with Crippen LogP contribution in [0.25, 0.3) is 33.9 Å². The predicted molar refractivity (Wildman–Crippen MR) is 150 cm³/mol. The maximum atomic E-state index is 10.0. The van der Waals surface area contributed by atoms with E-state index < -0.39 is 0 Å². The van der Waals surface area contributed by atoms with Crippen LogP contribution in [0.5, 0.6) is 0 Å². The van der Waals surface area contributed by atoms with Crippen LogP contribution in [0.3, 0.4) is 0 Å². The quantitative estimate of drug-likeness (QED) is 0.292. The molecular formula is C34H33N3. The van der Waals surface area contributed by atoms with E-state index in [1.165, 1.54) is 37.7 Å². The summed E-state index contributed by atoms with van der Waals surface area (Å²) >= 11 is 0. The summed E-state index contributed by atoms with van der Waals surface area (Å²) in [6, 6.07) is 31.5. The first kappa shape index (κ1) is 23.6. The maximum absolute atomic E-state index is 10.0. The van der Waals surface area contributed by atoms with Crippen molar-refractivity contribution >= 4 is 0 Å². The van der Waals surface area contributed by atoms with Gasteiger partial charge in [-0.05, 0) is 85.1 Å². The molecule has 3 aromatic carbocycles. The second kappa shape index (κ2) is 9.60. The molecule has 2 bridgehead atoms. The smallest absolute Gasteiger partial charge is 0.160 e. The van der Waals surface area contributed by atoms with Crippen LogP contribution >= 0.6 is 0 Å². The number of aromatic nitrogens is 2. The van der Waals surface area contributed by atoms with Crippen LogP contribution in [0.1, 0.15) is 57.1 Å². The molecule has 2 fully saturated rings. The van der Waals surface area contributed by atoms with E-state index in [1.807, 2.05) is 42.5 Å². The van der Waals surface area contributed by atoms with Gasteiger partial charge in [0.1, 0.15) is 0 Å². The zero-order valence-corrected chi connectivity index (χ0v) is 21.7. The number of nitrogens with zero attached hydrogens (tertiary/aromatic N) is 3. The number of rotatable bonds is 4. The second-order valence-corrected chi connectivity index (χ2v) is 11.5. The molecule has 3 nitrogen and oxygen atoms in total. The van der Waals surface area contributed by atoms with Crippen LogP contribution in [0.2, 0.25) is 0 Å². The van der Waals surface area contributed by atoms with Crippen LogP contribution in [-0.2, 0) is 5.41 Å². The van der Waals surface area contributed by atoms with Gasteiger partial charge in [0.25, 0.3) is 0 Å². The van der Waals surface area contributed by atoms with Crippen molar-refractivity contribution in [3.05, 3.63) is 96.1 Å². The molecule has 184 valence electrons. The summed E-state index contributed by atoms with van der Waals surface area (Å²) in [5.41, 5.74) is 7.01. The van der Waals surface area contributed by atoms with E-state index in [0.717, 1.165) is 39.6 Å². The van der Waals surface area contributed by atoms with E-state index in [1.54, 1.807) is 0 Å². The van der Waals surface area contributed by atoms with Crippen molar-refractivity contribution in [1.29, 1.82) is 5.26 Å². The highest BCUT2D eigenvalue weighted by atomic mass is 14.9. The molecule has 2 unspecified atom stereocenters. The van der Waals surface area contributed by atoms with Crippen molar-refractivity contribution in [2.24, 2.45) is 17.8 Å². The Hall–Kier alpha value is -3.77. The Morgan fingerprint density at radius 2 is 1.30 bits per heavy atom. The molecule has 2 saturated carbocycles. The van der Waals surface area contributed by atoms with Gasteiger partial charge in [-0.1, -0.05) is 74.5 Å². The third kappa shape index (κ3) is 4.69. The highest BCUT2D eigenvalue weighted by Gasteiger charge is 2.45. The molecule has 2 aliphatic carbocycles. The van der Waals surface area contributed by atoms with Crippen molar-refractivity contribution in [3.63, 3.8) is 0 Å². The van der Waals surface area contributed by atoms with Gasteiger partial charge in [-0.2, -0.15) is 5.26 Å². The second-order valence-electron chi connectivity index (χ2n) is 11.5. The summed E-state index contributed by atoms with van der Waals surface area (Å²) < 4.78 is 0. The normalized spacial score (nSPS) is 24.8. The molecule has 37 heavy (non-hydrogen) atoms. The van der Waals surface area contributed by atoms with Gasteiger partial charge in [0.2, 0.25) is 0 Å². The molecule has 0 spiro atoms. The van der Waals surface area contributed by atoms with Crippen molar-refractivity contribution in [3.8, 4) is 40.0 Å². The lowest BCUT2D eigenvalue weighted by atomic mass is 9.54. The number of nitriles is 1. The van der Waals surface area contributed by atoms with Gasteiger partial charge >= 0.3 is 0 Å². The van der Waals surface area contributed by atoms with Crippen molar-refractivity contribution < 1.29 is 0 Å². The highest BCUT2D eigenvalue weighted by molar-refractivity contribution is 5.73. The molecule has 0 amide bonds. The van der Waals surface area contributed by atoms with Crippen LogP contribution < -0.4 is 0 Å². The van der Waals surface area contributed by atoms with E-state index in [2.05, 4.69) is 62.4 Å². The van der Waals surface area contributed by atoms with Gasteiger partial charge in [0, 0.05) is 16.7 Å². The molecule has 6 rings (SSSR count). The van der Waals surface area contributed by atoms with Gasteiger partial charge in [-0.25, -0.2) is 9.97 Å². The number of hydrogen-bond donors (Lipinski definition) is 0. The lowest BCUT2D eigenvalue weighted by molar-refractivity contribution is 0.0780. The Kier molecular flexibility index (Phi) is 6.13. The monoisotopic (exact) mass is 483 g/mol. The number of fused-ring (bicyclic) bond motifs is 2.